The summed E-state index contributed by atoms with van der Waals surface area (Å²) in [5.41, 5.74) is 7.02. The first-order valence-corrected chi connectivity index (χ1v) is 5.98. The average Bonchev–Trinajstić information content (AvgIpc) is 2.84. The Morgan fingerprint density at radius 2 is 2.22 bits per heavy atom. The summed E-state index contributed by atoms with van der Waals surface area (Å²) >= 11 is 6.13. The molecule has 1 aromatic carbocycles. The van der Waals surface area contributed by atoms with Crippen molar-refractivity contribution in [2.45, 2.75) is 12.6 Å². The standard InChI is InChI=1S/C12H15ClN4O/c1-18-7-6-17-8-15-16-12(17)11(14)9-4-2-3-5-10(9)13/h2-5,8,11H,6-7,14H2,1H3/t11-/m1/s1. The van der Waals surface area contributed by atoms with E-state index in [4.69, 9.17) is 22.1 Å². The smallest absolute Gasteiger partial charge is 0.154 e. The van der Waals surface area contributed by atoms with E-state index >= 15 is 0 Å². The van der Waals surface area contributed by atoms with Crippen LogP contribution in [0.25, 0.3) is 0 Å². The second-order valence-corrected chi connectivity index (χ2v) is 4.28. The van der Waals surface area contributed by atoms with E-state index in [1.807, 2.05) is 28.8 Å². The zero-order valence-corrected chi connectivity index (χ0v) is 10.8. The number of nitrogens with two attached hydrogens (primary N) is 1. The van der Waals surface area contributed by atoms with E-state index in [1.54, 1.807) is 13.4 Å². The molecule has 1 heterocycles. The predicted molar refractivity (Wildman–Crippen MR) is 69.4 cm³/mol. The first-order valence-electron chi connectivity index (χ1n) is 5.60. The molecule has 0 aliphatic rings. The van der Waals surface area contributed by atoms with Crippen molar-refractivity contribution in [1.82, 2.24) is 14.8 Å². The molecule has 6 heteroatoms. The maximum absolute atomic E-state index is 6.19. The van der Waals surface area contributed by atoms with E-state index in [-0.39, 0.29) is 0 Å². The summed E-state index contributed by atoms with van der Waals surface area (Å²) in [4.78, 5) is 0. The predicted octanol–water partition coefficient (Wildman–Crippen LogP) is 1.63. The first kappa shape index (κ1) is 13.0. The second kappa shape index (κ2) is 5.95. The third-order valence-electron chi connectivity index (χ3n) is 2.70. The van der Waals surface area contributed by atoms with Crippen LogP contribution in [0.5, 0.6) is 0 Å². The van der Waals surface area contributed by atoms with Gasteiger partial charge in [0.15, 0.2) is 5.82 Å². The monoisotopic (exact) mass is 266 g/mol. The number of nitrogens with zero attached hydrogens (tertiary/aromatic N) is 3. The van der Waals surface area contributed by atoms with Crippen LogP contribution in [0.2, 0.25) is 5.02 Å². The molecule has 0 radical (unpaired) electrons. The van der Waals surface area contributed by atoms with Crippen LogP contribution >= 0.6 is 11.6 Å². The fourth-order valence-corrected chi connectivity index (χ4v) is 1.99. The van der Waals surface area contributed by atoms with Gasteiger partial charge in [-0.05, 0) is 11.6 Å². The Labute approximate surface area is 111 Å². The maximum atomic E-state index is 6.19. The molecule has 0 fully saturated rings. The second-order valence-electron chi connectivity index (χ2n) is 3.87. The number of benzene rings is 1. The molecule has 2 rings (SSSR count). The third-order valence-corrected chi connectivity index (χ3v) is 3.04. The molecule has 0 saturated heterocycles. The van der Waals surface area contributed by atoms with E-state index in [9.17, 15) is 0 Å². The minimum atomic E-state index is -0.391. The molecule has 18 heavy (non-hydrogen) atoms. The molecule has 1 aromatic heterocycles. The van der Waals surface area contributed by atoms with Gasteiger partial charge in [0, 0.05) is 18.7 Å². The number of aromatic nitrogens is 3. The van der Waals surface area contributed by atoms with Crippen LogP contribution < -0.4 is 5.73 Å². The third kappa shape index (κ3) is 2.69. The fourth-order valence-electron chi connectivity index (χ4n) is 1.73. The van der Waals surface area contributed by atoms with Crippen molar-refractivity contribution in [3.05, 3.63) is 47.0 Å². The SMILES string of the molecule is COCCn1cnnc1[C@H](N)c1ccccc1Cl. The van der Waals surface area contributed by atoms with Gasteiger partial charge in [-0.25, -0.2) is 0 Å². The maximum Gasteiger partial charge on any atom is 0.154 e. The minimum Gasteiger partial charge on any atom is -0.383 e. The van der Waals surface area contributed by atoms with Crippen molar-refractivity contribution >= 4 is 11.6 Å². The van der Waals surface area contributed by atoms with Gasteiger partial charge in [-0.1, -0.05) is 29.8 Å². The normalized spacial score (nSPS) is 12.6. The van der Waals surface area contributed by atoms with E-state index in [2.05, 4.69) is 10.2 Å². The van der Waals surface area contributed by atoms with Crippen molar-refractivity contribution in [2.75, 3.05) is 13.7 Å². The Hall–Kier alpha value is -1.43. The van der Waals surface area contributed by atoms with Crippen molar-refractivity contribution in [2.24, 2.45) is 5.73 Å². The Bertz CT molecular complexity index is 514. The summed E-state index contributed by atoms with van der Waals surface area (Å²) in [6, 6.07) is 7.08. The minimum absolute atomic E-state index is 0.391. The van der Waals surface area contributed by atoms with Gasteiger partial charge in [-0.2, -0.15) is 0 Å². The highest BCUT2D eigenvalue weighted by Crippen LogP contribution is 2.24. The first-order chi connectivity index (χ1) is 8.74. The van der Waals surface area contributed by atoms with Crippen LogP contribution in [-0.2, 0) is 11.3 Å². The van der Waals surface area contributed by atoms with Gasteiger partial charge in [0.25, 0.3) is 0 Å². The van der Waals surface area contributed by atoms with Gasteiger partial charge in [-0.15, -0.1) is 10.2 Å². The Balaban J connectivity index is 2.26. The van der Waals surface area contributed by atoms with Gasteiger partial charge in [0.2, 0.25) is 0 Å². The molecule has 0 aliphatic heterocycles. The van der Waals surface area contributed by atoms with Crippen LogP contribution in [0, 0.1) is 0 Å². The molecule has 0 spiro atoms. The molecule has 2 aromatic rings. The molecule has 0 bridgehead atoms. The van der Waals surface area contributed by atoms with Crippen LogP contribution in [-0.4, -0.2) is 28.5 Å². The van der Waals surface area contributed by atoms with E-state index in [0.717, 1.165) is 5.56 Å². The van der Waals surface area contributed by atoms with E-state index < -0.39 is 6.04 Å². The lowest BCUT2D eigenvalue weighted by atomic mass is 10.1. The van der Waals surface area contributed by atoms with Crippen LogP contribution in [0.1, 0.15) is 17.4 Å². The van der Waals surface area contributed by atoms with Gasteiger partial charge in [0.1, 0.15) is 6.33 Å². The van der Waals surface area contributed by atoms with Crippen LogP contribution in [0.3, 0.4) is 0 Å². The highest BCUT2D eigenvalue weighted by molar-refractivity contribution is 6.31. The largest absolute Gasteiger partial charge is 0.383 e. The summed E-state index contributed by atoms with van der Waals surface area (Å²) in [5, 5.41) is 8.58. The summed E-state index contributed by atoms with van der Waals surface area (Å²) in [6.45, 7) is 1.25. The molecule has 5 nitrogen and oxygen atoms in total. The highest BCUT2D eigenvalue weighted by atomic mass is 35.5. The number of hydrogen-bond acceptors (Lipinski definition) is 4. The van der Waals surface area contributed by atoms with Gasteiger partial charge >= 0.3 is 0 Å². The van der Waals surface area contributed by atoms with Crippen molar-refractivity contribution < 1.29 is 4.74 Å². The number of methoxy groups -OCH3 is 1. The molecule has 2 N–H and O–H groups in total. The molecule has 0 amide bonds. The van der Waals surface area contributed by atoms with Gasteiger partial charge in [0.05, 0.1) is 12.6 Å². The Morgan fingerprint density at radius 1 is 1.44 bits per heavy atom. The quantitative estimate of drug-likeness (QED) is 0.893. The lowest BCUT2D eigenvalue weighted by molar-refractivity contribution is 0.186. The van der Waals surface area contributed by atoms with Crippen molar-refractivity contribution in [1.29, 1.82) is 0 Å². The number of halogens is 1. The zero-order valence-electron chi connectivity index (χ0n) is 10.1. The topological polar surface area (TPSA) is 66.0 Å². The fraction of sp³-hybridized carbons (Fsp3) is 0.333. The molecular formula is C12H15ClN4O. The van der Waals surface area contributed by atoms with E-state index in [0.29, 0.717) is 24.0 Å². The number of hydrogen-bond donors (Lipinski definition) is 1. The number of rotatable bonds is 5. The molecule has 0 unspecified atom stereocenters. The molecule has 0 saturated carbocycles. The zero-order chi connectivity index (χ0) is 13.0. The Morgan fingerprint density at radius 3 is 2.94 bits per heavy atom. The molecular weight excluding hydrogens is 252 g/mol. The van der Waals surface area contributed by atoms with Crippen molar-refractivity contribution in [3.8, 4) is 0 Å². The molecule has 0 aliphatic carbocycles. The van der Waals surface area contributed by atoms with Crippen molar-refractivity contribution in [3.63, 3.8) is 0 Å². The lowest BCUT2D eigenvalue weighted by Crippen LogP contribution is -2.19. The summed E-state index contributed by atoms with van der Waals surface area (Å²) in [7, 11) is 1.65. The van der Waals surface area contributed by atoms with E-state index in [1.165, 1.54) is 0 Å². The number of ether oxygens (including phenoxy) is 1. The molecule has 1 atom stereocenters. The summed E-state index contributed by atoms with van der Waals surface area (Å²) in [6.07, 6.45) is 1.64. The van der Waals surface area contributed by atoms with Gasteiger partial charge < -0.3 is 15.0 Å². The van der Waals surface area contributed by atoms with Gasteiger partial charge in [-0.3, -0.25) is 0 Å². The highest BCUT2D eigenvalue weighted by Gasteiger charge is 2.17. The summed E-state index contributed by atoms with van der Waals surface area (Å²) < 4.78 is 6.91. The lowest BCUT2D eigenvalue weighted by Gasteiger charge is -2.14. The molecule has 96 valence electrons. The summed E-state index contributed by atoms with van der Waals surface area (Å²) in [5.74, 6) is 0.681. The van der Waals surface area contributed by atoms with Crippen LogP contribution in [0.15, 0.2) is 30.6 Å². The van der Waals surface area contributed by atoms with Crippen LogP contribution in [0.4, 0.5) is 0 Å². The average molecular weight is 267 g/mol. The Kier molecular flexibility index (Phi) is 4.30.